The highest BCUT2D eigenvalue weighted by Gasteiger charge is 2.03. The van der Waals surface area contributed by atoms with Crippen molar-refractivity contribution in [2.75, 3.05) is 14.2 Å². The highest BCUT2D eigenvalue weighted by atomic mass is 32.1. The van der Waals surface area contributed by atoms with Gasteiger partial charge in [0.1, 0.15) is 0 Å². The zero-order chi connectivity index (χ0) is 18.9. The molecule has 2 aromatic rings. The predicted octanol–water partition coefficient (Wildman–Crippen LogP) is 5.77. The predicted molar refractivity (Wildman–Crippen MR) is 114 cm³/mol. The van der Waals surface area contributed by atoms with E-state index in [-0.39, 0.29) is 0 Å². The van der Waals surface area contributed by atoms with E-state index in [0.29, 0.717) is 0 Å². The van der Waals surface area contributed by atoms with Crippen molar-refractivity contribution in [2.24, 2.45) is 11.7 Å². The zero-order valence-corrected chi connectivity index (χ0v) is 17.0. The third-order valence-electron chi connectivity index (χ3n) is 4.14. The molecule has 0 aliphatic carbocycles. The van der Waals surface area contributed by atoms with E-state index in [0.717, 1.165) is 22.9 Å². The number of fused-ring (bicyclic) bond motifs is 1. The van der Waals surface area contributed by atoms with Crippen LogP contribution in [0.5, 0.6) is 0 Å². The standard InChI is InChI=1S/C11H22OS.C9H7N.CH5N/c1-4-10(5-2)8-6-7-9-11(13)12-3;1-2-6-9-8(4-1)5-3-7-10-9;1-2/h10H,4-9H2,1-3H3;1-7H;2H2,1H3. The monoisotopic (exact) mass is 362 g/mol. The van der Waals surface area contributed by atoms with Crippen LogP contribution in [0.15, 0.2) is 42.6 Å². The van der Waals surface area contributed by atoms with Crippen molar-refractivity contribution in [3.63, 3.8) is 0 Å². The minimum Gasteiger partial charge on any atom is -0.490 e. The molecule has 0 saturated carbocycles. The number of benzene rings is 1. The molecule has 0 atom stereocenters. The van der Waals surface area contributed by atoms with E-state index in [2.05, 4.69) is 36.7 Å². The summed E-state index contributed by atoms with van der Waals surface area (Å²) in [6.45, 7) is 4.54. The molecule has 2 N–H and O–H groups in total. The molecule has 3 nitrogen and oxygen atoms in total. The van der Waals surface area contributed by atoms with Gasteiger partial charge in [-0.25, -0.2) is 0 Å². The summed E-state index contributed by atoms with van der Waals surface area (Å²) >= 11 is 4.97. The van der Waals surface area contributed by atoms with Gasteiger partial charge in [-0.15, -0.1) is 0 Å². The highest BCUT2D eigenvalue weighted by molar-refractivity contribution is 7.80. The maximum absolute atomic E-state index is 4.97. The number of thiocarbonyl (C=S) groups is 1. The minimum absolute atomic E-state index is 0.754. The molecule has 0 aliphatic heterocycles. The van der Waals surface area contributed by atoms with Gasteiger partial charge < -0.3 is 10.5 Å². The second-order valence-electron chi connectivity index (χ2n) is 5.70. The summed E-state index contributed by atoms with van der Waals surface area (Å²) in [5.41, 5.74) is 5.56. The Hall–Kier alpha value is -1.52. The molecule has 0 aliphatic rings. The lowest BCUT2D eigenvalue weighted by atomic mass is 9.96. The first kappa shape index (κ1) is 23.5. The molecule has 0 unspecified atom stereocenters. The quantitative estimate of drug-likeness (QED) is 0.502. The van der Waals surface area contributed by atoms with E-state index in [4.69, 9.17) is 17.0 Å². The summed E-state index contributed by atoms with van der Waals surface area (Å²) in [7, 11) is 3.16. The zero-order valence-electron chi connectivity index (χ0n) is 16.2. The molecule has 2 rings (SSSR count). The van der Waals surface area contributed by atoms with Crippen molar-refractivity contribution in [2.45, 2.75) is 52.4 Å². The van der Waals surface area contributed by atoms with Gasteiger partial charge in [0.15, 0.2) is 5.05 Å². The summed E-state index contributed by atoms with van der Waals surface area (Å²) in [4.78, 5) is 4.18. The van der Waals surface area contributed by atoms with E-state index in [1.807, 2.05) is 30.5 Å². The number of rotatable bonds is 7. The number of methoxy groups -OCH3 is 1. The first-order chi connectivity index (χ1) is 12.2. The number of nitrogens with two attached hydrogens (primary N) is 1. The van der Waals surface area contributed by atoms with Crippen molar-refractivity contribution in [1.82, 2.24) is 4.98 Å². The van der Waals surface area contributed by atoms with E-state index >= 15 is 0 Å². The van der Waals surface area contributed by atoms with E-state index < -0.39 is 0 Å². The Morgan fingerprint density at radius 1 is 1.08 bits per heavy atom. The molecule has 0 amide bonds. The van der Waals surface area contributed by atoms with Crippen LogP contribution in [0.1, 0.15) is 52.4 Å². The Morgan fingerprint density at radius 2 is 1.72 bits per heavy atom. The van der Waals surface area contributed by atoms with Gasteiger partial charge in [0.05, 0.1) is 12.6 Å². The van der Waals surface area contributed by atoms with Crippen molar-refractivity contribution >= 4 is 28.2 Å². The van der Waals surface area contributed by atoms with Gasteiger partial charge >= 0.3 is 0 Å². The molecule has 0 spiro atoms. The van der Waals surface area contributed by atoms with Gasteiger partial charge in [-0.05, 0) is 43.7 Å². The molecule has 0 saturated heterocycles. The van der Waals surface area contributed by atoms with Gasteiger partial charge in [-0.3, -0.25) is 4.98 Å². The first-order valence-electron chi connectivity index (χ1n) is 9.15. The molecule has 0 radical (unpaired) electrons. The largest absolute Gasteiger partial charge is 0.490 e. The number of para-hydroxylation sites is 1. The Balaban J connectivity index is 0.000000426. The average molecular weight is 363 g/mol. The second-order valence-corrected chi connectivity index (χ2v) is 6.16. The maximum Gasteiger partial charge on any atom is 0.159 e. The van der Waals surface area contributed by atoms with Crippen molar-refractivity contribution in [1.29, 1.82) is 0 Å². The first-order valence-corrected chi connectivity index (χ1v) is 9.56. The lowest BCUT2D eigenvalue weighted by Crippen LogP contribution is -1.99. The number of unbranched alkanes of at least 4 members (excludes halogenated alkanes) is 1. The summed E-state index contributed by atoms with van der Waals surface area (Å²) in [5.74, 6) is 0.913. The molecule has 1 aromatic heterocycles. The SMILES string of the molecule is CCC(CC)CCCCC(=S)OC.CN.c1ccc2ncccc2c1. The van der Waals surface area contributed by atoms with E-state index in [1.165, 1.54) is 44.5 Å². The van der Waals surface area contributed by atoms with Crippen LogP contribution in [0.2, 0.25) is 0 Å². The van der Waals surface area contributed by atoms with Crippen molar-refractivity contribution in [3.8, 4) is 0 Å². The van der Waals surface area contributed by atoms with Crippen LogP contribution in [0.25, 0.3) is 10.9 Å². The fraction of sp³-hybridized carbons (Fsp3) is 0.524. The molecule has 140 valence electrons. The number of hydrogen-bond acceptors (Lipinski definition) is 4. The smallest absolute Gasteiger partial charge is 0.159 e. The lowest BCUT2D eigenvalue weighted by Gasteiger charge is -2.11. The van der Waals surface area contributed by atoms with Gasteiger partial charge in [-0.2, -0.15) is 0 Å². The van der Waals surface area contributed by atoms with Crippen LogP contribution in [0.4, 0.5) is 0 Å². The van der Waals surface area contributed by atoms with Crippen molar-refractivity contribution in [3.05, 3.63) is 42.6 Å². The Morgan fingerprint density at radius 3 is 2.32 bits per heavy atom. The summed E-state index contributed by atoms with van der Waals surface area (Å²) < 4.78 is 4.94. The Bertz CT molecular complexity index is 505. The molecule has 0 bridgehead atoms. The van der Waals surface area contributed by atoms with Gasteiger partial charge in [0.25, 0.3) is 0 Å². The number of hydrogen-bond donors (Lipinski definition) is 1. The lowest BCUT2D eigenvalue weighted by molar-refractivity contribution is 0.393. The normalized spacial score (nSPS) is 9.68. The van der Waals surface area contributed by atoms with E-state index in [1.54, 1.807) is 7.11 Å². The van der Waals surface area contributed by atoms with Crippen LogP contribution in [-0.2, 0) is 4.74 Å². The molecule has 1 aromatic carbocycles. The van der Waals surface area contributed by atoms with Crippen molar-refractivity contribution < 1.29 is 4.74 Å². The average Bonchev–Trinajstić information content (AvgIpc) is 2.70. The number of aromatic nitrogens is 1. The topological polar surface area (TPSA) is 48.1 Å². The Kier molecular flexibility index (Phi) is 15.0. The second kappa shape index (κ2) is 16.0. The molecular formula is C21H34N2OS. The van der Waals surface area contributed by atoms with Gasteiger partial charge in [0.2, 0.25) is 0 Å². The summed E-state index contributed by atoms with van der Waals surface area (Å²) in [6.07, 6.45) is 9.20. The number of ether oxygens (including phenoxy) is 1. The van der Waals surface area contributed by atoms with Crippen LogP contribution in [0, 0.1) is 5.92 Å². The van der Waals surface area contributed by atoms with Gasteiger partial charge in [0, 0.05) is 18.0 Å². The molecule has 4 heteroatoms. The highest BCUT2D eigenvalue weighted by Crippen LogP contribution is 2.16. The minimum atomic E-state index is 0.754. The fourth-order valence-corrected chi connectivity index (χ4v) is 2.66. The molecule has 0 fully saturated rings. The molecular weight excluding hydrogens is 328 g/mol. The third kappa shape index (κ3) is 10.8. The molecule has 25 heavy (non-hydrogen) atoms. The number of nitrogens with zero attached hydrogens (tertiary/aromatic N) is 1. The van der Waals surface area contributed by atoms with Crippen LogP contribution < -0.4 is 5.73 Å². The number of pyridine rings is 1. The van der Waals surface area contributed by atoms with Crippen LogP contribution in [-0.4, -0.2) is 24.2 Å². The maximum atomic E-state index is 4.97. The fourth-order valence-electron chi connectivity index (χ4n) is 2.52. The third-order valence-corrected chi connectivity index (χ3v) is 4.51. The van der Waals surface area contributed by atoms with Gasteiger partial charge in [-0.1, -0.05) is 63.8 Å². The Labute approximate surface area is 159 Å². The van der Waals surface area contributed by atoms with E-state index in [9.17, 15) is 0 Å². The molecule has 1 heterocycles. The summed E-state index contributed by atoms with van der Waals surface area (Å²) in [5, 5.41) is 1.95. The van der Waals surface area contributed by atoms with Crippen LogP contribution >= 0.6 is 12.2 Å². The van der Waals surface area contributed by atoms with Crippen LogP contribution in [0.3, 0.4) is 0 Å². The summed E-state index contributed by atoms with van der Waals surface area (Å²) in [6, 6.07) is 12.1.